The van der Waals surface area contributed by atoms with Crippen LogP contribution in [0.25, 0.3) is 0 Å². The molecule has 3 rings (SSSR count). The van der Waals surface area contributed by atoms with Crippen molar-refractivity contribution in [3.8, 4) is 0 Å². The molecule has 1 unspecified atom stereocenters. The van der Waals surface area contributed by atoms with E-state index >= 15 is 0 Å². The Morgan fingerprint density at radius 1 is 1.05 bits per heavy atom. The van der Waals surface area contributed by atoms with Crippen molar-refractivity contribution in [1.29, 1.82) is 0 Å². The van der Waals surface area contributed by atoms with Crippen molar-refractivity contribution >= 4 is 0 Å². The first-order valence-corrected chi connectivity index (χ1v) is 7.01. The molecule has 1 atom stereocenters. The number of rotatable bonds is 3. The molecule has 0 radical (unpaired) electrons. The average molecular weight is 291 g/mol. The lowest BCUT2D eigenvalue weighted by Gasteiger charge is -2.15. The van der Waals surface area contributed by atoms with Gasteiger partial charge in [0.25, 0.3) is 0 Å². The van der Waals surface area contributed by atoms with Crippen LogP contribution >= 0.6 is 0 Å². The van der Waals surface area contributed by atoms with Gasteiger partial charge in [-0.3, -0.25) is 0 Å². The summed E-state index contributed by atoms with van der Waals surface area (Å²) in [6.45, 7) is 0.447. The van der Waals surface area contributed by atoms with Crippen molar-refractivity contribution in [2.75, 3.05) is 0 Å². The molecule has 0 bridgehead atoms. The fourth-order valence-electron chi connectivity index (χ4n) is 2.87. The van der Waals surface area contributed by atoms with Gasteiger partial charge in [-0.2, -0.15) is 13.2 Å². The second-order valence-electron chi connectivity index (χ2n) is 5.37. The molecule has 1 aliphatic carbocycles. The Hall–Kier alpha value is -1.81. The molecule has 0 heterocycles. The quantitative estimate of drug-likeness (QED) is 0.879. The zero-order valence-corrected chi connectivity index (χ0v) is 11.5. The number of nitrogens with one attached hydrogen (secondary N) is 1. The molecule has 0 amide bonds. The SMILES string of the molecule is FC(F)(F)c1cccc(CNC2CCc3ccccc32)c1. The molecule has 1 aliphatic rings. The summed E-state index contributed by atoms with van der Waals surface area (Å²) in [7, 11) is 0. The van der Waals surface area contributed by atoms with Crippen molar-refractivity contribution in [2.24, 2.45) is 0 Å². The Morgan fingerprint density at radius 3 is 2.67 bits per heavy atom. The van der Waals surface area contributed by atoms with Crippen LogP contribution < -0.4 is 5.32 Å². The molecule has 0 aliphatic heterocycles. The van der Waals surface area contributed by atoms with Gasteiger partial charge in [0.1, 0.15) is 0 Å². The summed E-state index contributed by atoms with van der Waals surface area (Å²) in [5, 5.41) is 3.37. The maximum absolute atomic E-state index is 12.7. The van der Waals surface area contributed by atoms with Crippen LogP contribution in [0.15, 0.2) is 48.5 Å². The van der Waals surface area contributed by atoms with Gasteiger partial charge in [-0.25, -0.2) is 0 Å². The lowest BCUT2D eigenvalue weighted by atomic mass is 10.1. The molecule has 2 aromatic carbocycles. The highest BCUT2D eigenvalue weighted by Gasteiger charge is 2.30. The highest BCUT2D eigenvalue weighted by Crippen LogP contribution is 2.32. The van der Waals surface area contributed by atoms with E-state index in [1.165, 1.54) is 23.3 Å². The van der Waals surface area contributed by atoms with E-state index in [9.17, 15) is 13.2 Å². The number of aryl methyl sites for hydroxylation is 1. The summed E-state index contributed by atoms with van der Waals surface area (Å²) >= 11 is 0. The summed E-state index contributed by atoms with van der Waals surface area (Å²) in [6.07, 6.45) is -2.26. The van der Waals surface area contributed by atoms with Gasteiger partial charge in [0.15, 0.2) is 0 Å². The molecule has 1 N–H and O–H groups in total. The van der Waals surface area contributed by atoms with Crippen LogP contribution in [0.3, 0.4) is 0 Å². The molecule has 0 saturated heterocycles. The Kier molecular flexibility index (Phi) is 3.72. The third-order valence-electron chi connectivity index (χ3n) is 3.94. The normalized spacial score (nSPS) is 17.8. The largest absolute Gasteiger partial charge is 0.416 e. The molecule has 0 spiro atoms. The Labute approximate surface area is 121 Å². The molecule has 2 aromatic rings. The van der Waals surface area contributed by atoms with Gasteiger partial charge in [0, 0.05) is 12.6 Å². The molecule has 4 heteroatoms. The Morgan fingerprint density at radius 2 is 1.86 bits per heavy atom. The summed E-state index contributed by atoms with van der Waals surface area (Å²) in [4.78, 5) is 0. The minimum atomic E-state index is -4.28. The number of fused-ring (bicyclic) bond motifs is 1. The number of alkyl halides is 3. The van der Waals surface area contributed by atoms with E-state index < -0.39 is 11.7 Å². The average Bonchev–Trinajstić information content (AvgIpc) is 2.88. The van der Waals surface area contributed by atoms with Gasteiger partial charge in [0.05, 0.1) is 5.56 Å². The molecular formula is C17H16F3N. The first kappa shape index (κ1) is 14.1. The van der Waals surface area contributed by atoms with E-state index in [2.05, 4.69) is 17.4 Å². The molecular weight excluding hydrogens is 275 g/mol. The predicted octanol–water partition coefficient (Wildman–Crippen LogP) is 4.48. The highest BCUT2D eigenvalue weighted by atomic mass is 19.4. The van der Waals surface area contributed by atoms with E-state index in [-0.39, 0.29) is 6.04 Å². The van der Waals surface area contributed by atoms with Gasteiger partial charge in [0.2, 0.25) is 0 Å². The first-order valence-electron chi connectivity index (χ1n) is 7.01. The fraction of sp³-hybridized carbons (Fsp3) is 0.294. The third kappa shape index (κ3) is 3.10. The van der Waals surface area contributed by atoms with Gasteiger partial charge >= 0.3 is 6.18 Å². The van der Waals surface area contributed by atoms with E-state index in [0.29, 0.717) is 12.1 Å². The second-order valence-corrected chi connectivity index (χ2v) is 5.37. The van der Waals surface area contributed by atoms with Gasteiger partial charge < -0.3 is 5.32 Å². The zero-order valence-electron chi connectivity index (χ0n) is 11.5. The van der Waals surface area contributed by atoms with Crippen molar-refractivity contribution in [3.05, 3.63) is 70.8 Å². The molecule has 0 saturated carbocycles. The Balaban J connectivity index is 1.69. The third-order valence-corrected chi connectivity index (χ3v) is 3.94. The van der Waals surface area contributed by atoms with E-state index in [0.717, 1.165) is 18.9 Å². The summed E-state index contributed by atoms with van der Waals surface area (Å²) < 4.78 is 38.1. The molecule has 1 nitrogen and oxygen atoms in total. The predicted molar refractivity (Wildman–Crippen MR) is 75.8 cm³/mol. The maximum Gasteiger partial charge on any atom is 0.416 e. The van der Waals surface area contributed by atoms with Crippen LogP contribution in [-0.2, 0) is 19.1 Å². The molecule has 0 aromatic heterocycles. The monoisotopic (exact) mass is 291 g/mol. The van der Waals surface area contributed by atoms with Crippen LogP contribution in [0, 0.1) is 0 Å². The summed E-state index contributed by atoms with van der Waals surface area (Å²) in [6, 6.07) is 14.0. The van der Waals surface area contributed by atoms with Crippen LogP contribution in [0.2, 0.25) is 0 Å². The van der Waals surface area contributed by atoms with Crippen LogP contribution in [0.5, 0.6) is 0 Å². The zero-order chi connectivity index (χ0) is 14.9. The van der Waals surface area contributed by atoms with Gasteiger partial charge in [-0.05, 0) is 35.6 Å². The van der Waals surface area contributed by atoms with Crippen LogP contribution in [0.4, 0.5) is 13.2 Å². The Bertz CT molecular complexity index is 634. The van der Waals surface area contributed by atoms with Crippen LogP contribution in [-0.4, -0.2) is 0 Å². The minimum absolute atomic E-state index is 0.232. The number of halogens is 3. The highest BCUT2D eigenvalue weighted by molar-refractivity contribution is 5.34. The van der Waals surface area contributed by atoms with Gasteiger partial charge in [-0.15, -0.1) is 0 Å². The smallest absolute Gasteiger partial charge is 0.306 e. The molecule has 110 valence electrons. The van der Waals surface area contributed by atoms with Crippen molar-refractivity contribution < 1.29 is 13.2 Å². The summed E-state index contributed by atoms with van der Waals surface area (Å²) in [5.74, 6) is 0. The molecule has 0 fully saturated rings. The van der Waals surface area contributed by atoms with Crippen molar-refractivity contribution in [2.45, 2.75) is 31.6 Å². The minimum Gasteiger partial charge on any atom is -0.306 e. The number of hydrogen-bond acceptors (Lipinski definition) is 1. The van der Waals surface area contributed by atoms with Crippen LogP contribution in [0.1, 0.15) is 34.7 Å². The van der Waals surface area contributed by atoms with E-state index in [4.69, 9.17) is 0 Å². The van der Waals surface area contributed by atoms with Crippen molar-refractivity contribution in [1.82, 2.24) is 5.32 Å². The molecule has 21 heavy (non-hydrogen) atoms. The first-order chi connectivity index (χ1) is 10.0. The van der Waals surface area contributed by atoms with Gasteiger partial charge in [-0.1, -0.05) is 42.5 Å². The number of benzene rings is 2. The van der Waals surface area contributed by atoms with Crippen molar-refractivity contribution in [3.63, 3.8) is 0 Å². The topological polar surface area (TPSA) is 12.0 Å². The maximum atomic E-state index is 12.7. The lowest BCUT2D eigenvalue weighted by molar-refractivity contribution is -0.137. The summed E-state index contributed by atoms with van der Waals surface area (Å²) in [5.41, 5.74) is 2.67. The fourth-order valence-corrected chi connectivity index (χ4v) is 2.87. The van der Waals surface area contributed by atoms with E-state index in [1.54, 1.807) is 6.07 Å². The second kappa shape index (κ2) is 5.53. The lowest BCUT2D eigenvalue weighted by Crippen LogP contribution is -2.19. The van der Waals surface area contributed by atoms with E-state index in [1.807, 2.05) is 12.1 Å². The standard InChI is InChI=1S/C17H16F3N/c18-17(19,20)14-6-3-4-12(10-14)11-21-16-9-8-13-5-1-2-7-15(13)16/h1-7,10,16,21H,8-9,11H2. The number of hydrogen-bond donors (Lipinski definition) is 1.